The molecule has 236 valence electrons. The van der Waals surface area contributed by atoms with Gasteiger partial charge in [0.15, 0.2) is 11.5 Å². The molecule has 1 fully saturated rings. The first-order valence-corrected chi connectivity index (χ1v) is 14.1. The van der Waals surface area contributed by atoms with Gasteiger partial charge in [-0.1, -0.05) is 11.2 Å². The highest BCUT2D eigenvalue weighted by Crippen LogP contribution is 2.38. The van der Waals surface area contributed by atoms with Crippen LogP contribution >= 0.6 is 0 Å². The third-order valence-corrected chi connectivity index (χ3v) is 7.63. The fourth-order valence-electron chi connectivity index (χ4n) is 5.44. The number of carbonyl (C=O) groups is 4. The molecule has 5 rings (SSSR count). The zero-order valence-electron chi connectivity index (χ0n) is 24.8. The summed E-state index contributed by atoms with van der Waals surface area (Å²) in [4.78, 5) is 51.7. The maximum Gasteiger partial charge on any atom is 0.290 e. The Hall–Kier alpha value is -5.02. The number of nitrogens with zero attached hydrogens (tertiary/aromatic N) is 7. The number of methoxy groups -OCH3 is 1. The minimum atomic E-state index is -0.448. The fraction of sp³-hybridized carbons (Fsp3) is 0.500. The van der Waals surface area contributed by atoms with Crippen LogP contribution in [0.2, 0.25) is 0 Å². The molecule has 2 bridgehead atoms. The van der Waals surface area contributed by atoms with E-state index in [9.17, 15) is 14.4 Å². The van der Waals surface area contributed by atoms with E-state index in [1.807, 2.05) is 12.1 Å². The molecule has 16 nitrogen and oxygen atoms in total. The van der Waals surface area contributed by atoms with Crippen LogP contribution in [0.25, 0.3) is 0 Å². The Morgan fingerprint density at radius 3 is 2.64 bits per heavy atom. The van der Waals surface area contributed by atoms with Crippen LogP contribution in [0.4, 0.5) is 0 Å². The number of likely N-dealkylation sites (tertiary alicyclic amines) is 1. The van der Waals surface area contributed by atoms with Crippen LogP contribution in [0, 0.1) is 19.8 Å². The average molecular weight is 613 g/mol. The third-order valence-electron chi connectivity index (χ3n) is 7.63. The molecule has 0 saturated carbocycles. The normalized spacial score (nSPS) is 18.6. The van der Waals surface area contributed by atoms with Crippen molar-refractivity contribution in [3.05, 3.63) is 47.1 Å². The summed E-state index contributed by atoms with van der Waals surface area (Å²) >= 11 is 0. The lowest BCUT2D eigenvalue weighted by atomic mass is 9.88. The predicted octanol–water partition coefficient (Wildman–Crippen LogP) is 0.661. The lowest BCUT2D eigenvalue weighted by molar-refractivity contribution is -0.131. The lowest BCUT2D eigenvalue weighted by Gasteiger charge is -2.25. The number of fused-ring (bicyclic) bond motifs is 4. The van der Waals surface area contributed by atoms with Crippen molar-refractivity contribution in [2.24, 2.45) is 5.92 Å². The summed E-state index contributed by atoms with van der Waals surface area (Å²) in [6, 6.07) is 5.58. The molecule has 1 aromatic carbocycles. The number of hydrogen-bond acceptors (Lipinski definition) is 11. The van der Waals surface area contributed by atoms with E-state index in [4.69, 9.17) is 23.9 Å². The number of amides is 3. The molecule has 2 aromatic heterocycles. The molecule has 3 aromatic rings. The number of aromatic nitrogens is 5. The Kier molecular flexibility index (Phi) is 10.8. The summed E-state index contributed by atoms with van der Waals surface area (Å²) in [5.74, 6) is 0.432. The first kappa shape index (κ1) is 31.9. The van der Waals surface area contributed by atoms with Crippen molar-refractivity contribution in [1.82, 2.24) is 40.5 Å². The van der Waals surface area contributed by atoms with E-state index < -0.39 is 5.92 Å². The van der Waals surface area contributed by atoms with E-state index in [1.54, 1.807) is 36.8 Å². The van der Waals surface area contributed by atoms with Crippen molar-refractivity contribution in [1.29, 1.82) is 0 Å². The third kappa shape index (κ3) is 7.48. The van der Waals surface area contributed by atoms with Gasteiger partial charge in [-0.2, -0.15) is 0 Å². The molecule has 2 aliphatic heterocycles. The molecule has 0 spiro atoms. The summed E-state index contributed by atoms with van der Waals surface area (Å²) in [5, 5.41) is 24.9. The van der Waals surface area contributed by atoms with Crippen molar-refractivity contribution in [2.75, 3.05) is 46.4 Å². The monoisotopic (exact) mass is 612 g/mol. The zero-order valence-corrected chi connectivity index (χ0v) is 24.8. The van der Waals surface area contributed by atoms with Crippen LogP contribution in [0.1, 0.15) is 46.1 Å². The van der Waals surface area contributed by atoms with Gasteiger partial charge >= 0.3 is 0 Å². The van der Waals surface area contributed by atoms with Gasteiger partial charge in [0.05, 0.1) is 31.8 Å². The summed E-state index contributed by atoms with van der Waals surface area (Å²) in [7, 11) is 1.56. The molecule has 0 unspecified atom stereocenters. The van der Waals surface area contributed by atoms with Gasteiger partial charge in [0.1, 0.15) is 24.3 Å². The quantitative estimate of drug-likeness (QED) is 0.383. The molecule has 16 heteroatoms. The predicted molar refractivity (Wildman–Crippen MR) is 152 cm³/mol. The Labute approximate surface area is 253 Å². The van der Waals surface area contributed by atoms with E-state index in [0.29, 0.717) is 74.2 Å². The van der Waals surface area contributed by atoms with Crippen molar-refractivity contribution >= 4 is 24.2 Å². The Morgan fingerprint density at radius 2 is 1.95 bits per heavy atom. The molecule has 2 aliphatic rings. The van der Waals surface area contributed by atoms with E-state index in [1.165, 1.54) is 11.0 Å². The zero-order chi connectivity index (χ0) is 31.6. The number of nitrogens with one attached hydrogen (secondary N) is 1. The maximum atomic E-state index is 13.5. The number of benzene rings is 1. The van der Waals surface area contributed by atoms with Crippen LogP contribution < -0.4 is 14.8 Å². The molecule has 3 amide bonds. The van der Waals surface area contributed by atoms with Crippen molar-refractivity contribution in [3.63, 3.8) is 0 Å². The molecule has 44 heavy (non-hydrogen) atoms. The maximum absolute atomic E-state index is 13.5. The van der Waals surface area contributed by atoms with Crippen LogP contribution in [0.5, 0.6) is 11.5 Å². The lowest BCUT2D eigenvalue weighted by Crippen LogP contribution is -2.39. The van der Waals surface area contributed by atoms with Crippen LogP contribution in [-0.2, 0) is 20.9 Å². The van der Waals surface area contributed by atoms with Gasteiger partial charge in [-0.3, -0.25) is 19.2 Å². The second-order valence-electron chi connectivity index (χ2n) is 10.3. The van der Waals surface area contributed by atoms with Crippen molar-refractivity contribution < 1.29 is 38.3 Å². The van der Waals surface area contributed by atoms with Crippen molar-refractivity contribution in [3.8, 4) is 11.5 Å². The number of aryl methyl sites for hydroxylation is 3. The second-order valence-corrected chi connectivity index (χ2v) is 10.3. The first-order valence-electron chi connectivity index (χ1n) is 14.1. The van der Waals surface area contributed by atoms with Gasteiger partial charge < -0.3 is 34.2 Å². The second kappa shape index (κ2) is 14.9. The van der Waals surface area contributed by atoms with Crippen molar-refractivity contribution in [2.45, 2.75) is 39.2 Å². The number of ether oxygens (including phenoxy) is 2. The van der Waals surface area contributed by atoms with Gasteiger partial charge in [0.25, 0.3) is 12.4 Å². The molecule has 2 atom stereocenters. The summed E-state index contributed by atoms with van der Waals surface area (Å²) < 4.78 is 18.4. The van der Waals surface area contributed by atoms with Gasteiger partial charge in [0, 0.05) is 38.5 Å². The average Bonchev–Trinajstić information content (AvgIpc) is 3.77. The summed E-state index contributed by atoms with van der Waals surface area (Å²) in [5.41, 5.74) is 1.84. The van der Waals surface area contributed by atoms with E-state index in [2.05, 4.69) is 26.0 Å². The molecular formula is C28H36N8O8. The fourth-order valence-corrected chi connectivity index (χ4v) is 5.44. The molecule has 1 saturated heterocycles. The Morgan fingerprint density at radius 1 is 1.18 bits per heavy atom. The highest BCUT2D eigenvalue weighted by Gasteiger charge is 2.40. The summed E-state index contributed by atoms with van der Waals surface area (Å²) in [6.45, 7) is 5.59. The number of rotatable bonds is 5. The summed E-state index contributed by atoms with van der Waals surface area (Å²) in [6.07, 6.45) is 2.23. The van der Waals surface area contributed by atoms with Crippen LogP contribution in [-0.4, -0.2) is 111 Å². The minimum Gasteiger partial charge on any atom is -0.493 e. The van der Waals surface area contributed by atoms with Crippen LogP contribution in [0.3, 0.4) is 0 Å². The van der Waals surface area contributed by atoms with E-state index in [-0.39, 0.29) is 43.1 Å². The Balaban J connectivity index is 0.00000141. The number of carboxylic acid groups (broad SMARTS) is 1. The standard InChI is InChI=1S/C27H34N8O6.CH2O2/c1-17-25(18(2)41-30-17)27(38)33-9-4-8-28-26(37)21-15-34(24(36)7-10-35-16-29-31-32-35)14-20(21)19-5-6-22(39-3)23(13-19)40-12-11-33;2-1-3/h5-6,13,16,20-21H,4,7-12,14-15H2,1-3H3,(H,28,37);1H,(H,2,3)/t20-,21+;/m1./s1. The number of hydrogen-bond donors (Lipinski definition) is 2. The minimum absolute atomic E-state index is 0.0721. The number of tetrazole rings is 1. The largest absolute Gasteiger partial charge is 0.493 e. The van der Waals surface area contributed by atoms with Gasteiger partial charge in [-0.05, 0) is 48.4 Å². The molecule has 4 heterocycles. The van der Waals surface area contributed by atoms with Gasteiger partial charge in [-0.25, -0.2) is 4.68 Å². The molecule has 2 N–H and O–H groups in total. The molecular weight excluding hydrogens is 576 g/mol. The molecule has 0 radical (unpaired) electrons. The first-order chi connectivity index (χ1) is 21.3. The van der Waals surface area contributed by atoms with Gasteiger partial charge in [-0.15, -0.1) is 5.10 Å². The Bertz CT molecular complexity index is 1420. The SMILES string of the molecule is COc1ccc2cc1OCCN(C(=O)c1c(C)noc1C)CCCNC(=O)[C@H]1CN(C(=O)CCn3cnnn3)C[C@H]21.O=CO. The van der Waals surface area contributed by atoms with E-state index in [0.717, 1.165) is 5.56 Å². The smallest absolute Gasteiger partial charge is 0.290 e. The van der Waals surface area contributed by atoms with Crippen LogP contribution in [0.15, 0.2) is 29.0 Å². The highest BCUT2D eigenvalue weighted by atomic mass is 16.5. The van der Waals surface area contributed by atoms with E-state index >= 15 is 0 Å². The number of carbonyl (C=O) groups excluding carboxylic acids is 3. The topological polar surface area (TPSA) is 195 Å². The highest BCUT2D eigenvalue weighted by molar-refractivity contribution is 5.96. The molecule has 0 aliphatic carbocycles. The van der Waals surface area contributed by atoms with Gasteiger partial charge in [0.2, 0.25) is 11.8 Å².